The van der Waals surface area contributed by atoms with Crippen LogP contribution in [0, 0.1) is 5.82 Å². The highest BCUT2D eigenvalue weighted by molar-refractivity contribution is 6.31. The van der Waals surface area contributed by atoms with Gasteiger partial charge in [-0.1, -0.05) is 23.7 Å². The molecule has 0 aliphatic rings. The molecule has 0 aliphatic heterocycles. The van der Waals surface area contributed by atoms with E-state index in [-0.39, 0.29) is 10.8 Å². The lowest BCUT2D eigenvalue weighted by atomic mass is 10.2. The Morgan fingerprint density at radius 2 is 1.84 bits per heavy atom. The molecule has 1 N–H and O–H groups in total. The van der Waals surface area contributed by atoms with Crippen molar-refractivity contribution in [1.29, 1.82) is 0 Å². The molecule has 1 rings (SSSR count). The zero-order valence-corrected chi connectivity index (χ0v) is 13.0. The van der Waals surface area contributed by atoms with Gasteiger partial charge in [-0.05, 0) is 39.3 Å². The number of nitrogens with zero attached hydrogens (tertiary/aromatic N) is 1. The van der Waals surface area contributed by atoms with Crippen LogP contribution in [0.3, 0.4) is 0 Å². The molecular weight excluding hydrogens is 263 g/mol. The first kappa shape index (κ1) is 16.4. The van der Waals surface area contributed by atoms with Crippen LogP contribution in [0.5, 0.6) is 0 Å². The molecule has 0 aromatic heterocycles. The number of rotatable bonds is 7. The van der Waals surface area contributed by atoms with Gasteiger partial charge in [0.25, 0.3) is 0 Å². The highest BCUT2D eigenvalue weighted by atomic mass is 35.5. The number of benzene rings is 1. The molecule has 108 valence electrons. The Morgan fingerprint density at radius 1 is 1.21 bits per heavy atom. The molecule has 0 atom stereocenters. The Morgan fingerprint density at radius 3 is 2.42 bits per heavy atom. The molecular formula is C15H24ClFN2. The number of nitrogens with one attached hydrogen (secondary N) is 1. The van der Waals surface area contributed by atoms with Crippen molar-refractivity contribution < 1.29 is 4.39 Å². The van der Waals surface area contributed by atoms with Crippen LogP contribution in [0.1, 0.15) is 33.3 Å². The van der Waals surface area contributed by atoms with Gasteiger partial charge in [0, 0.05) is 31.7 Å². The molecule has 0 heterocycles. The molecule has 0 saturated heterocycles. The predicted molar refractivity (Wildman–Crippen MR) is 80.1 cm³/mol. The lowest BCUT2D eigenvalue weighted by Crippen LogP contribution is -2.41. The summed E-state index contributed by atoms with van der Waals surface area (Å²) in [6, 6.07) is 5.97. The second-order valence-corrected chi connectivity index (χ2v) is 5.69. The molecule has 1 aromatic carbocycles. The molecule has 1 aromatic rings. The Balaban J connectivity index is 2.40. The molecule has 4 heteroatoms. The number of halogens is 2. The third kappa shape index (κ3) is 5.09. The normalized spacial score (nSPS) is 11.8. The quantitative estimate of drug-likeness (QED) is 0.769. The Kier molecular flexibility index (Phi) is 6.76. The van der Waals surface area contributed by atoms with E-state index in [9.17, 15) is 4.39 Å². The molecule has 0 unspecified atom stereocenters. The monoisotopic (exact) mass is 286 g/mol. The molecule has 0 radical (unpaired) electrons. The molecule has 0 bridgehead atoms. The molecule has 0 aliphatic carbocycles. The van der Waals surface area contributed by atoms with Gasteiger partial charge in [-0.3, -0.25) is 4.90 Å². The molecule has 0 spiro atoms. The summed E-state index contributed by atoms with van der Waals surface area (Å²) in [5, 5.41) is 3.54. The summed E-state index contributed by atoms with van der Waals surface area (Å²) < 4.78 is 13.3. The minimum absolute atomic E-state index is 0.222. The van der Waals surface area contributed by atoms with Crippen LogP contribution in [-0.2, 0) is 6.54 Å². The maximum atomic E-state index is 13.3. The van der Waals surface area contributed by atoms with Crippen molar-refractivity contribution in [3.05, 3.63) is 34.6 Å². The van der Waals surface area contributed by atoms with Crippen molar-refractivity contribution in [3.63, 3.8) is 0 Å². The number of hydrogen-bond donors (Lipinski definition) is 1. The van der Waals surface area contributed by atoms with Gasteiger partial charge in [-0.25, -0.2) is 4.39 Å². The van der Waals surface area contributed by atoms with Gasteiger partial charge < -0.3 is 5.32 Å². The maximum absolute atomic E-state index is 13.3. The van der Waals surface area contributed by atoms with E-state index in [1.54, 1.807) is 6.07 Å². The average Bonchev–Trinajstić information content (AvgIpc) is 2.33. The van der Waals surface area contributed by atoms with Crippen molar-refractivity contribution >= 4 is 11.6 Å². The van der Waals surface area contributed by atoms with Gasteiger partial charge in [-0.15, -0.1) is 0 Å². The zero-order valence-electron chi connectivity index (χ0n) is 12.2. The van der Waals surface area contributed by atoms with Crippen LogP contribution < -0.4 is 5.32 Å². The first-order valence-corrected chi connectivity index (χ1v) is 7.20. The van der Waals surface area contributed by atoms with Crippen molar-refractivity contribution in [2.45, 2.75) is 46.3 Å². The molecule has 0 fully saturated rings. The van der Waals surface area contributed by atoms with E-state index in [1.165, 1.54) is 6.07 Å². The highest BCUT2D eigenvalue weighted by Crippen LogP contribution is 2.19. The van der Waals surface area contributed by atoms with Crippen molar-refractivity contribution in [3.8, 4) is 0 Å². The fourth-order valence-corrected chi connectivity index (χ4v) is 2.42. The molecule has 2 nitrogen and oxygen atoms in total. The summed E-state index contributed by atoms with van der Waals surface area (Å²) in [5.41, 5.74) is 0.808. The summed E-state index contributed by atoms with van der Waals surface area (Å²) in [7, 11) is 0. The minimum Gasteiger partial charge on any atom is -0.311 e. The molecule has 0 saturated carbocycles. The van der Waals surface area contributed by atoms with Gasteiger partial charge in [0.1, 0.15) is 5.82 Å². The highest BCUT2D eigenvalue weighted by Gasteiger charge is 2.12. The van der Waals surface area contributed by atoms with Gasteiger partial charge >= 0.3 is 0 Å². The van der Waals surface area contributed by atoms with E-state index in [4.69, 9.17) is 11.6 Å². The van der Waals surface area contributed by atoms with E-state index in [1.807, 2.05) is 6.07 Å². The smallest absolute Gasteiger partial charge is 0.142 e. The second-order valence-electron chi connectivity index (χ2n) is 5.32. The topological polar surface area (TPSA) is 15.3 Å². The Bertz CT molecular complexity index is 386. The van der Waals surface area contributed by atoms with Crippen LogP contribution in [0.2, 0.25) is 5.02 Å². The average molecular weight is 287 g/mol. The lowest BCUT2D eigenvalue weighted by molar-refractivity contribution is 0.176. The van der Waals surface area contributed by atoms with Crippen molar-refractivity contribution in [2.75, 3.05) is 13.1 Å². The summed E-state index contributed by atoms with van der Waals surface area (Å²) in [4.78, 5) is 2.42. The van der Waals surface area contributed by atoms with E-state index >= 15 is 0 Å². The predicted octanol–water partition coefficient (Wildman–Crippen LogP) is 3.69. The Hall–Kier alpha value is -0.640. The summed E-state index contributed by atoms with van der Waals surface area (Å²) >= 11 is 5.91. The summed E-state index contributed by atoms with van der Waals surface area (Å²) in [6.45, 7) is 11.2. The standard InChI is InChI=1S/C15H24ClFN2/c1-11(2)19(12(3)4)9-8-18-10-13-6-5-7-14(17)15(13)16/h5-7,11-12,18H,8-10H2,1-4H3. The third-order valence-electron chi connectivity index (χ3n) is 3.22. The van der Waals surface area contributed by atoms with Crippen LogP contribution in [0.25, 0.3) is 0 Å². The zero-order chi connectivity index (χ0) is 14.4. The maximum Gasteiger partial charge on any atom is 0.142 e. The van der Waals surface area contributed by atoms with Gasteiger partial charge in [0.15, 0.2) is 0 Å². The van der Waals surface area contributed by atoms with Crippen LogP contribution in [-0.4, -0.2) is 30.1 Å². The lowest BCUT2D eigenvalue weighted by Gasteiger charge is -2.30. The third-order valence-corrected chi connectivity index (χ3v) is 3.64. The van der Waals surface area contributed by atoms with Gasteiger partial charge in [-0.2, -0.15) is 0 Å². The van der Waals surface area contributed by atoms with Gasteiger partial charge in [0.2, 0.25) is 0 Å². The number of hydrogen-bond acceptors (Lipinski definition) is 2. The van der Waals surface area contributed by atoms with Crippen molar-refractivity contribution in [2.24, 2.45) is 0 Å². The minimum atomic E-state index is -0.355. The van der Waals surface area contributed by atoms with Crippen LogP contribution in [0.4, 0.5) is 4.39 Å². The van der Waals surface area contributed by atoms with Crippen LogP contribution >= 0.6 is 11.6 Å². The molecule has 0 amide bonds. The largest absolute Gasteiger partial charge is 0.311 e. The van der Waals surface area contributed by atoms with Crippen LogP contribution in [0.15, 0.2) is 18.2 Å². The van der Waals surface area contributed by atoms with Crippen molar-refractivity contribution in [1.82, 2.24) is 10.2 Å². The summed E-state index contributed by atoms with van der Waals surface area (Å²) in [5.74, 6) is -0.355. The first-order valence-electron chi connectivity index (χ1n) is 6.82. The SMILES string of the molecule is CC(C)N(CCNCc1cccc(F)c1Cl)C(C)C. The van der Waals surface area contributed by atoms with E-state index in [2.05, 4.69) is 37.9 Å². The van der Waals surface area contributed by atoms with E-state index < -0.39 is 0 Å². The summed E-state index contributed by atoms with van der Waals surface area (Å²) in [6.07, 6.45) is 0. The van der Waals surface area contributed by atoms with E-state index in [0.29, 0.717) is 18.6 Å². The first-order chi connectivity index (χ1) is 8.93. The van der Waals surface area contributed by atoms with E-state index in [0.717, 1.165) is 18.7 Å². The fraction of sp³-hybridized carbons (Fsp3) is 0.600. The Labute approximate surface area is 120 Å². The molecule has 19 heavy (non-hydrogen) atoms. The fourth-order valence-electron chi connectivity index (χ4n) is 2.23. The van der Waals surface area contributed by atoms with Gasteiger partial charge in [0.05, 0.1) is 5.02 Å². The second kappa shape index (κ2) is 7.83.